The summed E-state index contributed by atoms with van der Waals surface area (Å²) in [5, 5.41) is 12.4. The highest BCUT2D eigenvalue weighted by atomic mass is 19.1. The Labute approximate surface area is 130 Å². The Bertz CT molecular complexity index is 507. The van der Waals surface area contributed by atoms with Gasteiger partial charge in [0.1, 0.15) is 0 Å². The van der Waals surface area contributed by atoms with Crippen molar-refractivity contribution in [1.29, 1.82) is 0 Å². The van der Waals surface area contributed by atoms with Crippen LogP contribution in [0.4, 0.5) is 4.39 Å². The Morgan fingerprint density at radius 2 is 2.14 bits per heavy atom. The zero-order valence-electron chi connectivity index (χ0n) is 13.0. The van der Waals surface area contributed by atoms with Crippen molar-refractivity contribution in [2.24, 2.45) is 5.92 Å². The third-order valence-electron chi connectivity index (χ3n) is 4.19. The summed E-state index contributed by atoms with van der Waals surface area (Å²) in [6.07, 6.45) is 5.07. The molecule has 1 fully saturated rings. The summed E-state index contributed by atoms with van der Waals surface area (Å²) >= 11 is 0. The molecule has 5 heteroatoms. The smallest absolute Gasteiger partial charge is 0.258 e. The predicted molar refractivity (Wildman–Crippen MR) is 82.2 cm³/mol. The first-order valence-electron chi connectivity index (χ1n) is 7.89. The second-order valence-electron chi connectivity index (χ2n) is 5.98. The van der Waals surface area contributed by atoms with E-state index in [0.717, 1.165) is 37.7 Å². The Hall–Kier alpha value is -1.62. The molecule has 2 unspecified atom stereocenters. The van der Waals surface area contributed by atoms with Crippen LogP contribution in [0.25, 0.3) is 0 Å². The second kappa shape index (κ2) is 8.13. The lowest BCUT2D eigenvalue weighted by atomic mass is 9.95. The van der Waals surface area contributed by atoms with Crippen LogP contribution in [0, 0.1) is 18.7 Å². The lowest BCUT2D eigenvalue weighted by Crippen LogP contribution is -2.43. The average molecular weight is 309 g/mol. The third-order valence-corrected chi connectivity index (χ3v) is 4.19. The fraction of sp³-hybridized carbons (Fsp3) is 0.588. The highest BCUT2D eigenvalue weighted by molar-refractivity contribution is 5.77. The second-order valence-corrected chi connectivity index (χ2v) is 5.98. The summed E-state index contributed by atoms with van der Waals surface area (Å²) in [4.78, 5) is 12.0. The largest absolute Gasteiger partial charge is 0.481 e. The SMILES string of the molecule is Cc1ccc(F)c(OCC(=O)NC2CCCCCC2CO)c1. The van der Waals surface area contributed by atoms with E-state index in [4.69, 9.17) is 4.74 Å². The Kier molecular flexibility index (Phi) is 6.19. The summed E-state index contributed by atoms with van der Waals surface area (Å²) < 4.78 is 18.8. The van der Waals surface area contributed by atoms with Gasteiger partial charge in [0.25, 0.3) is 5.91 Å². The Balaban J connectivity index is 1.87. The van der Waals surface area contributed by atoms with Gasteiger partial charge in [-0.1, -0.05) is 25.3 Å². The van der Waals surface area contributed by atoms with E-state index in [2.05, 4.69) is 5.32 Å². The number of amides is 1. The number of aliphatic hydroxyl groups excluding tert-OH is 1. The fourth-order valence-electron chi connectivity index (χ4n) is 2.91. The van der Waals surface area contributed by atoms with Crippen molar-refractivity contribution in [2.45, 2.75) is 45.1 Å². The third kappa shape index (κ3) is 4.70. The predicted octanol–water partition coefficient (Wildman–Crippen LogP) is 2.57. The van der Waals surface area contributed by atoms with Crippen LogP contribution in [0.15, 0.2) is 18.2 Å². The van der Waals surface area contributed by atoms with Crippen molar-refractivity contribution >= 4 is 5.91 Å². The van der Waals surface area contributed by atoms with Crippen LogP contribution in [0.1, 0.15) is 37.7 Å². The van der Waals surface area contributed by atoms with E-state index >= 15 is 0 Å². The monoisotopic (exact) mass is 309 g/mol. The molecule has 4 nitrogen and oxygen atoms in total. The summed E-state index contributed by atoms with van der Waals surface area (Å²) in [7, 11) is 0. The van der Waals surface area contributed by atoms with Gasteiger partial charge in [-0.05, 0) is 37.5 Å². The van der Waals surface area contributed by atoms with Gasteiger partial charge in [0.05, 0.1) is 0 Å². The molecule has 1 aromatic carbocycles. The van der Waals surface area contributed by atoms with Crippen molar-refractivity contribution in [3.05, 3.63) is 29.6 Å². The average Bonchev–Trinajstić information content (AvgIpc) is 2.73. The van der Waals surface area contributed by atoms with Crippen LogP contribution in [0.3, 0.4) is 0 Å². The number of hydrogen-bond donors (Lipinski definition) is 2. The normalized spacial score (nSPS) is 22.0. The fourth-order valence-corrected chi connectivity index (χ4v) is 2.91. The van der Waals surface area contributed by atoms with Crippen LogP contribution >= 0.6 is 0 Å². The van der Waals surface area contributed by atoms with Crippen LogP contribution < -0.4 is 10.1 Å². The maximum absolute atomic E-state index is 13.6. The van der Waals surface area contributed by atoms with Crippen molar-refractivity contribution in [1.82, 2.24) is 5.32 Å². The van der Waals surface area contributed by atoms with E-state index < -0.39 is 5.82 Å². The quantitative estimate of drug-likeness (QED) is 0.822. The van der Waals surface area contributed by atoms with Gasteiger partial charge < -0.3 is 15.2 Å². The summed E-state index contributed by atoms with van der Waals surface area (Å²) in [5.41, 5.74) is 0.876. The number of carbonyl (C=O) groups excluding carboxylic acids is 1. The molecular formula is C17H24FNO3. The van der Waals surface area contributed by atoms with Crippen LogP contribution in [-0.2, 0) is 4.79 Å². The van der Waals surface area contributed by atoms with Crippen LogP contribution in [0.2, 0.25) is 0 Å². The number of hydrogen-bond acceptors (Lipinski definition) is 3. The number of nitrogens with one attached hydrogen (secondary N) is 1. The van der Waals surface area contributed by atoms with Crippen molar-refractivity contribution in [2.75, 3.05) is 13.2 Å². The number of benzene rings is 1. The summed E-state index contributed by atoms with van der Waals surface area (Å²) in [5.74, 6) is -0.552. The number of carbonyl (C=O) groups is 1. The van der Waals surface area contributed by atoms with Crippen molar-refractivity contribution in [3.63, 3.8) is 0 Å². The first-order valence-corrected chi connectivity index (χ1v) is 7.89. The van der Waals surface area contributed by atoms with Gasteiger partial charge in [0.15, 0.2) is 18.2 Å². The lowest BCUT2D eigenvalue weighted by molar-refractivity contribution is -0.124. The number of rotatable bonds is 5. The molecule has 1 saturated carbocycles. The minimum absolute atomic E-state index is 0.0223. The maximum Gasteiger partial charge on any atom is 0.258 e. The number of halogens is 1. The van der Waals surface area contributed by atoms with Gasteiger partial charge in [-0.2, -0.15) is 0 Å². The summed E-state index contributed by atoms with van der Waals surface area (Å²) in [6, 6.07) is 4.53. The van der Waals surface area contributed by atoms with Gasteiger partial charge >= 0.3 is 0 Å². The Morgan fingerprint density at radius 1 is 1.36 bits per heavy atom. The van der Waals surface area contributed by atoms with Gasteiger partial charge in [0, 0.05) is 18.6 Å². The van der Waals surface area contributed by atoms with Gasteiger partial charge in [-0.3, -0.25) is 4.79 Å². The molecule has 0 heterocycles. The number of aryl methyl sites for hydroxylation is 1. The molecule has 0 spiro atoms. The van der Waals surface area contributed by atoms with Gasteiger partial charge in [-0.15, -0.1) is 0 Å². The van der Waals surface area contributed by atoms with Crippen molar-refractivity contribution in [3.8, 4) is 5.75 Å². The molecule has 0 radical (unpaired) electrons. The molecule has 0 saturated heterocycles. The molecule has 1 aliphatic rings. The molecule has 0 aromatic heterocycles. The first-order chi connectivity index (χ1) is 10.6. The molecule has 2 rings (SSSR count). The lowest BCUT2D eigenvalue weighted by Gasteiger charge is -2.24. The molecule has 2 N–H and O–H groups in total. The Morgan fingerprint density at radius 3 is 2.91 bits per heavy atom. The minimum Gasteiger partial charge on any atom is -0.481 e. The molecule has 122 valence electrons. The zero-order valence-corrected chi connectivity index (χ0v) is 13.0. The van der Waals surface area contributed by atoms with E-state index in [1.807, 2.05) is 6.92 Å². The number of aliphatic hydroxyl groups is 1. The molecule has 1 amide bonds. The first kappa shape index (κ1) is 16.7. The highest BCUT2D eigenvalue weighted by Crippen LogP contribution is 2.23. The molecule has 2 atom stereocenters. The highest BCUT2D eigenvalue weighted by Gasteiger charge is 2.24. The van der Waals surface area contributed by atoms with Gasteiger partial charge in [-0.25, -0.2) is 4.39 Å². The maximum atomic E-state index is 13.6. The van der Waals surface area contributed by atoms with Gasteiger partial charge in [0.2, 0.25) is 0 Å². The molecular weight excluding hydrogens is 285 g/mol. The summed E-state index contributed by atoms with van der Waals surface area (Å²) in [6.45, 7) is 1.71. The molecule has 22 heavy (non-hydrogen) atoms. The van der Waals surface area contributed by atoms with E-state index in [-0.39, 0.29) is 36.8 Å². The van der Waals surface area contributed by atoms with E-state index in [1.54, 1.807) is 12.1 Å². The molecule has 1 aliphatic carbocycles. The standard InChI is InChI=1S/C17H24FNO3/c1-12-7-8-14(18)16(9-12)22-11-17(21)19-15-6-4-2-3-5-13(15)10-20/h7-9,13,15,20H,2-6,10-11H2,1H3,(H,19,21). The van der Waals surface area contributed by atoms with E-state index in [9.17, 15) is 14.3 Å². The molecule has 0 aliphatic heterocycles. The van der Waals surface area contributed by atoms with Crippen LogP contribution in [-0.4, -0.2) is 30.3 Å². The van der Waals surface area contributed by atoms with E-state index in [0.29, 0.717) is 0 Å². The molecule has 1 aromatic rings. The topological polar surface area (TPSA) is 58.6 Å². The molecule has 0 bridgehead atoms. The minimum atomic E-state index is -0.471. The van der Waals surface area contributed by atoms with Crippen molar-refractivity contribution < 1.29 is 19.0 Å². The van der Waals surface area contributed by atoms with Crippen LogP contribution in [0.5, 0.6) is 5.75 Å². The number of ether oxygens (including phenoxy) is 1. The van der Waals surface area contributed by atoms with E-state index in [1.165, 1.54) is 6.07 Å². The zero-order chi connectivity index (χ0) is 15.9.